The smallest absolute Gasteiger partial charge is 0.316 e. The maximum absolute atomic E-state index is 14.6. The average Bonchev–Trinajstić information content (AvgIpc) is 3.39. The van der Waals surface area contributed by atoms with Gasteiger partial charge in [-0.3, -0.25) is 19.2 Å². The van der Waals surface area contributed by atoms with Gasteiger partial charge in [-0.05, 0) is 64.3 Å². The van der Waals surface area contributed by atoms with Crippen LogP contribution in [0.2, 0.25) is 0 Å². The first-order valence-corrected chi connectivity index (χ1v) is 15.8. The number of ether oxygens (including phenoxy) is 1. The molecule has 5 amide bonds. The van der Waals surface area contributed by atoms with Gasteiger partial charge in [-0.25, -0.2) is 4.79 Å². The number of amides is 5. The van der Waals surface area contributed by atoms with Crippen LogP contribution in [0.1, 0.15) is 79.3 Å². The Labute approximate surface area is 271 Å². The van der Waals surface area contributed by atoms with E-state index in [2.05, 4.69) is 27.8 Å². The van der Waals surface area contributed by atoms with Gasteiger partial charge in [0.1, 0.15) is 12.1 Å². The number of hydrogen-bond acceptors (Lipinski definition) is 6. The third-order valence-electron chi connectivity index (χ3n) is 7.36. The highest BCUT2D eigenvalue weighted by molar-refractivity contribution is 6.38. The fraction of sp³-hybridized carbons (Fsp3) is 0.514. The van der Waals surface area contributed by atoms with E-state index >= 15 is 0 Å². The molecule has 4 unspecified atom stereocenters. The van der Waals surface area contributed by atoms with Crippen molar-refractivity contribution in [3.63, 3.8) is 0 Å². The normalized spacial score (nSPS) is 17.9. The molecule has 11 nitrogen and oxygen atoms in total. The lowest BCUT2D eigenvalue weighted by Gasteiger charge is -2.31. The molecule has 1 fully saturated rings. The van der Waals surface area contributed by atoms with Crippen molar-refractivity contribution in [3.05, 3.63) is 60.7 Å². The number of likely N-dealkylation sites (tertiary alicyclic amines) is 1. The van der Waals surface area contributed by atoms with Gasteiger partial charge in [0.15, 0.2) is 0 Å². The molecule has 2 aromatic carbocycles. The van der Waals surface area contributed by atoms with Crippen LogP contribution in [0.4, 0.5) is 4.79 Å². The summed E-state index contributed by atoms with van der Waals surface area (Å²) in [5.74, 6) is -2.67. The van der Waals surface area contributed by atoms with Gasteiger partial charge in [-0.2, -0.15) is 0 Å². The molecule has 0 spiro atoms. The summed E-state index contributed by atoms with van der Waals surface area (Å²) in [4.78, 5) is 68.6. The zero-order valence-electron chi connectivity index (χ0n) is 28.1. The van der Waals surface area contributed by atoms with E-state index in [-0.39, 0.29) is 25.9 Å². The minimum absolute atomic E-state index is 0.0875. The van der Waals surface area contributed by atoms with Crippen LogP contribution in [0.25, 0.3) is 10.8 Å². The van der Waals surface area contributed by atoms with Crippen LogP contribution in [0.3, 0.4) is 0 Å². The number of urea groups is 1. The van der Waals surface area contributed by atoms with Gasteiger partial charge in [0.2, 0.25) is 11.7 Å². The zero-order chi connectivity index (χ0) is 34.2. The van der Waals surface area contributed by atoms with Gasteiger partial charge in [0, 0.05) is 25.0 Å². The molecule has 2 aromatic rings. The Bertz CT molecular complexity index is 1440. The van der Waals surface area contributed by atoms with E-state index in [4.69, 9.17) is 4.74 Å². The Balaban J connectivity index is 2.02. The molecule has 0 radical (unpaired) electrons. The summed E-state index contributed by atoms with van der Waals surface area (Å²) in [7, 11) is 0. The molecular formula is C35H49N5O6. The van der Waals surface area contributed by atoms with E-state index in [1.807, 2.05) is 84.9 Å². The lowest BCUT2D eigenvalue weighted by molar-refractivity contribution is -0.143. The molecule has 1 aliphatic rings. The van der Waals surface area contributed by atoms with Crippen molar-refractivity contribution in [1.29, 1.82) is 0 Å². The minimum Gasteiger partial charge on any atom is -0.371 e. The summed E-state index contributed by atoms with van der Waals surface area (Å²) in [6.45, 7) is 16.8. The number of carbonyl (C=O) groups excluding carboxylic acids is 5. The Hall–Kier alpha value is -4.25. The third-order valence-corrected chi connectivity index (χ3v) is 7.36. The SMILES string of the molecule is C=CCNC(=O)C(=O)C(CCC)NC(=O)C1CC(OC(C)(C)C)CN1C(=O)C(NC(=O)NC(C)(C)C)c1cccc2ccccc12. The lowest BCUT2D eigenvalue weighted by atomic mass is 9.97. The quantitative estimate of drug-likeness (QED) is 0.206. The van der Waals surface area contributed by atoms with Crippen LogP contribution in [0.5, 0.6) is 0 Å². The van der Waals surface area contributed by atoms with Crippen LogP contribution in [-0.2, 0) is 23.9 Å². The fourth-order valence-electron chi connectivity index (χ4n) is 5.56. The maximum atomic E-state index is 14.6. The summed E-state index contributed by atoms with van der Waals surface area (Å²) in [6.07, 6.45) is 1.90. The van der Waals surface area contributed by atoms with E-state index in [1.165, 1.54) is 11.0 Å². The Kier molecular flexibility index (Phi) is 12.1. The van der Waals surface area contributed by atoms with E-state index in [0.717, 1.165) is 10.8 Å². The summed E-state index contributed by atoms with van der Waals surface area (Å²) >= 11 is 0. The Morgan fingerprint density at radius 3 is 2.30 bits per heavy atom. The molecule has 0 aromatic heterocycles. The highest BCUT2D eigenvalue weighted by Gasteiger charge is 2.45. The second kappa shape index (κ2) is 15.4. The maximum Gasteiger partial charge on any atom is 0.316 e. The number of hydrogen-bond donors (Lipinski definition) is 4. The standard InChI is InChI=1S/C35H49N5O6/c1-9-14-26(29(41)31(43)36-19-10-2)37-30(42)27-20-23(46-35(6,7)8)21-40(27)32(44)28(38-33(45)39-34(3,4)5)25-18-13-16-22-15-11-12-17-24(22)25/h10-13,15-18,23,26-28H,2,9,14,19-21H2,1,3-8H3,(H,36,43)(H,37,42)(H2,38,39,45). The van der Waals surface area contributed by atoms with Crippen molar-refractivity contribution in [2.24, 2.45) is 0 Å². The molecule has 0 saturated carbocycles. The molecule has 1 heterocycles. The summed E-state index contributed by atoms with van der Waals surface area (Å²) in [5.41, 5.74) is -0.560. The molecule has 11 heteroatoms. The van der Waals surface area contributed by atoms with Gasteiger partial charge in [-0.15, -0.1) is 6.58 Å². The number of rotatable bonds is 12. The number of ketones is 1. The second-order valence-corrected chi connectivity index (χ2v) is 13.7. The largest absolute Gasteiger partial charge is 0.371 e. The Morgan fingerprint density at radius 2 is 1.67 bits per heavy atom. The van der Waals surface area contributed by atoms with Crippen LogP contribution in [0, 0.1) is 0 Å². The second-order valence-electron chi connectivity index (χ2n) is 13.7. The number of carbonyl (C=O) groups is 5. The molecule has 1 saturated heterocycles. The minimum atomic E-state index is -1.14. The predicted molar refractivity (Wildman–Crippen MR) is 178 cm³/mol. The van der Waals surface area contributed by atoms with Gasteiger partial charge in [0.25, 0.3) is 11.8 Å². The lowest BCUT2D eigenvalue weighted by Crippen LogP contribution is -2.55. The first-order valence-electron chi connectivity index (χ1n) is 15.8. The molecule has 0 aliphatic carbocycles. The molecule has 46 heavy (non-hydrogen) atoms. The molecule has 3 rings (SSSR count). The van der Waals surface area contributed by atoms with Crippen molar-refractivity contribution in [3.8, 4) is 0 Å². The molecule has 4 atom stereocenters. The van der Waals surface area contributed by atoms with E-state index in [9.17, 15) is 24.0 Å². The van der Waals surface area contributed by atoms with Gasteiger partial charge in [0.05, 0.1) is 17.7 Å². The van der Waals surface area contributed by atoms with Crippen LogP contribution >= 0.6 is 0 Å². The predicted octanol–water partition coefficient (Wildman–Crippen LogP) is 3.92. The highest BCUT2D eigenvalue weighted by Crippen LogP contribution is 2.31. The van der Waals surface area contributed by atoms with Crippen LogP contribution in [0.15, 0.2) is 55.1 Å². The molecule has 4 N–H and O–H groups in total. The number of Topliss-reactive ketones (excluding diaryl/α,β-unsaturated/α-hetero) is 1. The summed E-state index contributed by atoms with van der Waals surface area (Å²) in [6, 6.07) is 9.30. The van der Waals surface area contributed by atoms with Crippen molar-refractivity contribution in [1.82, 2.24) is 26.2 Å². The number of benzene rings is 2. The Morgan fingerprint density at radius 1 is 1.00 bits per heavy atom. The first-order chi connectivity index (χ1) is 21.5. The summed E-state index contributed by atoms with van der Waals surface area (Å²) < 4.78 is 6.23. The third kappa shape index (κ3) is 9.87. The van der Waals surface area contributed by atoms with E-state index in [0.29, 0.717) is 12.0 Å². The van der Waals surface area contributed by atoms with Crippen molar-refractivity contribution >= 4 is 40.3 Å². The molecule has 0 bridgehead atoms. The highest BCUT2D eigenvalue weighted by atomic mass is 16.5. The number of fused-ring (bicyclic) bond motifs is 1. The molecule has 250 valence electrons. The van der Waals surface area contributed by atoms with Crippen molar-refractivity contribution in [2.75, 3.05) is 13.1 Å². The number of nitrogens with zero attached hydrogens (tertiary/aromatic N) is 1. The van der Waals surface area contributed by atoms with Crippen LogP contribution in [-0.4, -0.2) is 76.9 Å². The first kappa shape index (κ1) is 36.2. The molecular weight excluding hydrogens is 586 g/mol. The van der Waals surface area contributed by atoms with Gasteiger partial charge in [-0.1, -0.05) is 61.9 Å². The zero-order valence-corrected chi connectivity index (χ0v) is 28.1. The molecule has 1 aliphatic heterocycles. The van der Waals surface area contributed by atoms with Crippen molar-refractivity contribution < 1.29 is 28.7 Å². The van der Waals surface area contributed by atoms with Crippen molar-refractivity contribution in [2.45, 2.75) is 103 Å². The van der Waals surface area contributed by atoms with Crippen LogP contribution < -0.4 is 21.3 Å². The average molecular weight is 636 g/mol. The topological polar surface area (TPSA) is 146 Å². The van der Waals surface area contributed by atoms with E-state index in [1.54, 1.807) is 6.07 Å². The fourth-order valence-corrected chi connectivity index (χ4v) is 5.56. The number of nitrogens with one attached hydrogen (secondary N) is 4. The van der Waals surface area contributed by atoms with Gasteiger partial charge >= 0.3 is 6.03 Å². The van der Waals surface area contributed by atoms with Gasteiger partial charge < -0.3 is 30.9 Å². The summed E-state index contributed by atoms with van der Waals surface area (Å²) in [5, 5.41) is 12.6. The monoisotopic (exact) mass is 635 g/mol. The van der Waals surface area contributed by atoms with E-state index < -0.39 is 64.9 Å².